The Morgan fingerprint density at radius 2 is 2.18 bits per heavy atom. The normalized spacial score (nSPS) is 15.7. The van der Waals surface area contributed by atoms with E-state index in [-0.39, 0.29) is 5.91 Å². The van der Waals surface area contributed by atoms with Crippen molar-refractivity contribution in [2.24, 2.45) is 0 Å². The van der Waals surface area contributed by atoms with Crippen LogP contribution >= 0.6 is 0 Å². The van der Waals surface area contributed by atoms with Gasteiger partial charge in [0.05, 0.1) is 23.6 Å². The van der Waals surface area contributed by atoms with E-state index in [2.05, 4.69) is 15.1 Å². The average Bonchev–Trinajstić information content (AvgIpc) is 3.13. The minimum atomic E-state index is -0.648. The van der Waals surface area contributed by atoms with E-state index in [4.69, 9.17) is 0 Å². The molecule has 1 N–H and O–H groups in total. The first kappa shape index (κ1) is 18.6. The molecule has 4 rings (SSSR count). The van der Waals surface area contributed by atoms with Crippen LogP contribution in [-0.2, 0) is 13.1 Å². The zero-order valence-electron chi connectivity index (χ0n) is 16.4. The van der Waals surface area contributed by atoms with E-state index in [0.29, 0.717) is 42.5 Å². The maximum absolute atomic E-state index is 13.3. The second-order valence-corrected chi connectivity index (χ2v) is 7.48. The molecule has 3 aromatic rings. The number of imidazole rings is 1. The minimum Gasteiger partial charge on any atom is -0.385 e. The fraction of sp³-hybridized carbons (Fsp3) is 0.474. The first-order valence-electron chi connectivity index (χ1n) is 9.42. The maximum atomic E-state index is 13.3. The van der Waals surface area contributed by atoms with E-state index < -0.39 is 6.10 Å². The van der Waals surface area contributed by atoms with Gasteiger partial charge in [0.2, 0.25) is 5.78 Å². The molecule has 1 atom stereocenters. The molecular weight excluding hydrogens is 358 g/mol. The van der Waals surface area contributed by atoms with E-state index >= 15 is 0 Å². The topological polar surface area (TPSA) is 91.8 Å². The third kappa shape index (κ3) is 3.38. The Hall–Kier alpha value is -2.78. The molecule has 148 valence electrons. The van der Waals surface area contributed by atoms with Gasteiger partial charge in [0.1, 0.15) is 11.8 Å². The highest BCUT2D eigenvalue weighted by atomic mass is 16.3. The Morgan fingerprint density at radius 3 is 2.96 bits per heavy atom. The standard InChI is InChI=1S/C19H25N7O2/c1-13-17(25-8-4-6-20-19(25)21-13)18(28)24-7-5-9-26-14(11-24)10-15(22-26)16(27)12-23(2)3/h4,6,8,10,16,27H,5,7,9,11-12H2,1-3H3/t16-/m0/s1. The van der Waals surface area contributed by atoms with Gasteiger partial charge in [0.25, 0.3) is 5.91 Å². The van der Waals surface area contributed by atoms with Crippen molar-refractivity contribution in [1.82, 2.24) is 33.9 Å². The van der Waals surface area contributed by atoms with Crippen molar-refractivity contribution in [3.63, 3.8) is 0 Å². The van der Waals surface area contributed by atoms with E-state index in [9.17, 15) is 9.90 Å². The number of aryl methyl sites for hydroxylation is 2. The maximum Gasteiger partial charge on any atom is 0.273 e. The predicted molar refractivity (Wildman–Crippen MR) is 103 cm³/mol. The van der Waals surface area contributed by atoms with E-state index in [0.717, 1.165) is 18.7 Å². The lowest BCUT2D eigenvalue weighted by Gasteiger charge is -2.20. The number of likely N-dealkylation sites (N-methyl/N-ethyl adjacent to an activating group) is 1. The number of rotatable bonds is 4. The molecular formula is C19H25N7O2. The summed E-state index contributed by atoms with van der Waals surface area (Å²) in [5.41, 5.74) is 2.80. The van der Waals surface area contributed by atoms with Crippen molar-refractivity contribution in [2.75, 3.05) is 27.2 Å². The SMILES string of the molecule is Cc1nc2ncccn2c1C(=O)N1CCCn2nc([C@@H](O)CN(C)C)cc2C1. The van der Waals surface area contributed by atoms with E-state index in [1.165, 1.54) is 0 Å². The van der Waals surface area contributed by atoms with Crippen molar-refractivity contribution >= 4 is 11.7 Å². The lowest BCUT2D eigenvalue weighted by molar-refractivity contribution is 0.0738. The summed E-state index contributed by atoms with van der Waals surface area (Å²) in [6, 6.07) is 3.70. The zero-order valence-corrected chi connectivity index (χ0v) is 16.4. The molecule has 1 aliphatic heterocycles. The van der Waals surface area contributed by atoms with Crippen molar-refractivity contribution in [2.45, 2.75) is 32.5 Å². The second kappa shape index (κ2) is 7.33. The smallest absolute Gasteiger partial charge is 0.273 e. The third-order valence-electron chi connectivity index (χ3n) is 4.98. The van der Waals surface area contributed by atoms with Gasteiger partial charge in [-0.2, -0.15) is 5.10 Å². The van der Waals surface area contributed by atoms with Crippen LogP contribution in [0.2, 0.25) is 0 Å². The number of aromatic nitrogens is 5. The number of hydrogen-bond donors (Lipinski definition) is 1. The summed E-state index contributed by atoms with van der Waals surface area (Å²) >= 11 is 0. The number of aliphatic hydroxyl groups is 1. The lowest BCUT2D eigenvalue weighted by atomic mass is 10.2. The summed E-state index contributed by atoms with van der Waals surface area (Å²) in [5, 5.41) is 14.9. The largest absolute Gasteiger partial charge is 0.385 e. The summed E-state index contributed by atoms with van der Waals surface area (Å²) < 4.78 is 3.65. The summed E-state index contributed by atoms with van der Waals surface area (Å²) in [6.45, 7) is 4.16. The number of fused-ring (bicyclic) bond motifs is 2. The van der Waals surface area contributed by atoms with Crippen molar-refractivity contribution in [3.05, 3.63) is 47.3 Å². The second-order valence-electron chi connectivity index (χ2n) is 7.48. The van der Waals surface area contributed by atoms with Crippen LogP contribution in [0.15, 0.2) is 24.5 Å². The molecule has 0 spiro atoms. The van der Waals surface area contributed by atoms with Gasteiger partial charge in [0.15, 0.2) is 0 Å². The van der Waals surface area contributed by atoms with E-state index in [1.54, 1.807) is 16.7 Å². The van der Waals surface area contributed by atoms with Gasteiger partial charge < -0.3 is 14.9 Å². The highest BCUT2D eigenvalue weighted by molar-refractivity contribution is 5.94. The molecule has 0 aromatic carbocycles. The van der Waals surface area contributed by atoms with Gasteiger partial charge in [-0.05, 0) is 39.6 Å². The monoisotopic (exact) mass is 383 g/mol. The van der Waals surface area contributed by atoms with Crippen LogP contribution in [0.3, 0.4) is 0 Å². The molecule has 0 fully saturated rings. The van der Waals surface area contributed by atoms with Gasteiger partial charge in [-0.3, -0.25) is 13.9 Å². The van der Waals surface area contributed by atoms with Crippen LogP contribution in [0.4, 0.5) is 0 Å². The zero-order chi connectivity index (χ0) is 19.8. The Bertz CT molecular complexity index is 1010. The van der Waals surface area contributed by atoms with E-state index in [1.807, 2.05) is 47.8 Å². The molecule has 0 saturated heterocycles. The molecule has 0 aliphatic carbocycles. The van der Waals surface area contributed by atoms with Gasteiger partial charge >= 0.3 is 0 Å². The quantitative estimate of drug-likeness (QED) is 0.719. The molecule has 28 heavy (non-hydrogen) atoms. The van der Waals surface area contributed by atoms with Crippen LogP contribution in [-0.4, -0.2) is 72.1 Å². The van der Waals surface area contributed by atoms with Gasteiger partial charge in [-0.25, -0.2) is 9.97 Å². The van der Waals surface area contributed by atoms with Crippen molar-refractivity contribution < 1.29 is 9.90 Å². The molecule has 1 amide bonds. The Morgan fingerprint density at radius 1 is 1.36 bits per heavy atom. The first-order valence-corrected chi connectivity index (χ1v) is 9.42. The molecule has 0 bridgehead atoms. The van der Waals surface area contributed by atoms with Crippen molar-refractivity contribution in [1.29, 1.82) is 0 Å². The summed E-state index contributed by atoms with van der Waals surface area (Å²) in [5.74, 6) is 0.459. The Kier molecular flexibility index (Phi) is 4.86. The number of hydrogen-bond acceptors (Lipinski definition) is 6. The highest BCUT2D eigenvalue weighted by Crippen LogP contribution is 2.21. The number of carbonyl (C=O) groups excluding carboxylic acids is 1. The molecule has 3 aromatic heterocycles. The first-order chi connectivity index (χ1) is 13.4. The molecule has 0 saturated carbocycles. The molecule has 1 aliphatic rings. The predicted octanol–water partition coefficient (Wildman–Crippen LogP) is 0.875. The van der Waals surface area contributed by atoms with Crippen LogP contribution in [0.1, 0.15) is 40.1 Å². The number of carbonyl (C=O) groups is 1. The van der Waals surface area contributed by atoms with Crippen LogP contribution in [0, 0.1) is 6.92 Å². The van der Waals surface area contributed by atoms with Gasteiger partial charge in [-0.1, -0.05) is 0 Å². The number of aliphatic hydroxyl groups excluding tert-OH is 1. The summed E-state index contributed by atoms with van der Waals surface area (Å²) in [4.78, 5) is 25.7. The minimum absolute atomic E-state index is 0.0666. The van der Waals surface area contributed by atoms with Crippen LogP contribution < -0.4 is 0 Å². The fourth-order valence-electron chi connectivity index (χ4n) is 3.67. The highest BCUT2D eigenvalue weighted by Gasteiger charge is 2.27. The molecule has 0 unspecified atom stereocenters. The molecule has 9 nitrogen and oxygen atoms in total. The number of nitrogens with zero attached hydrogens (tertiary/aromatic N) is 7. The van der Waals surface area contributed by atoms with Crippen LogP contribution in [0.5, 0.6) is 0 Å². The average molecular weight is 383 g/mol. The fourth-order valence-corrected chi connectivity index (χ4v) is 3.67. The Labute approximate surface area is 163 Å². The Balaban J connectivity index is 1.61. The molecule has 4 heterocycles. The third-order valence-corrected chi connectivity index (χ3v) is 4.98. The number of amides is 1. The summed E-state index contributed by atoms with van der Waals surface area (Å²) in [6.07, 6.45) is 3.64. The van der Waals surface area contributed by atoms with Gasteiger partial charge in [0, 0.05) is 32.0 Å². The van der Waals surface area contributed by atoms with Gasteiger partial charge in [-0.15, -0.1) is 0 Å². The van der Waals surface area contributed by atoms with Crippen molar-refractivity contribution in [3.8, 4) is 0 Å². The molecule has 0 radical (unpaired) electrons. The molecule has 9 heteroatoms. The summed E-state index contributed by atoms with van der Waals surface area (Å²) in [7, 11) is 3.83. The van der Waals surface area contributed by atoms with Crippen LogP contribution in [0.25, 0.3) is 5.78 Å². The lowest BCUT2D eigenvalue weighted by Crippen LogP contribution is -2.32.